The van der Waals surface area contributed by atoms with Gasteiger partial charge < -0.3 is 10.1 Å². The van der Waals surface area contributed by atoms with Crippen LogP contribution in [-0.2, 0) is 14.8 Å². The number of ether oxygens (including phenoxy) is 1. The molecule has 0 aromatic heterocycles. The fourth-order valence-electron chi connectivity index (χ4n) is 2.97. The Balaban J connectivity index is 1.66. The molecule has 0 spiro atoms. The van der Waals surface area contributed by atoms with Crippen LogP contribution in [0.25, 0.3) is 0 Å². The van der Waals surface area contributed by atoms with Gasteiger partial charge in [-0.25, -0.2) is 8.42 Å². The Morgan fingerprint density at radius 1 is 0.939 bits per heavy atom. The number of benzene rings is 3. The predicted molar refractivity (Wildman–Crippen MR) is 133 cm³/mol. The lowest BCUT2D eigenvalue weighted by atomic mass is 10.1. The fourth-order valence-corrected chi connectivity index (χ4v) is 4.67. The molecule has 0 aliphatic heterocycles. The highest BCUT2D eigenvalue weighted by atomic mass is 35.5. The Morgan fingerprint density at radius 3 is 2.12 bits per heavy atom. The van der Waals surface area contributed by atoms with Crippen molar-refractivity contribution in [2.45, 2.75) is 31.8 Å². The van der Waals surface area contributed by atoms with Gasteiger partial charge in [0.15, 0.2) is 6.10 Å². The molecular weight excluding hydrogens is 507 g/mol. The van der Waals surface area contributed by atoms with Gasteiger partial charge in [0.25, 0.3) is 15.9 Å². The van der Waals surface area contributed by atoms with Gasteiger partial charge in [-0.1, -0.05) is 34.8 Å². The largest absolute Gasteiger partial charge is 0.481 e. The number of hydrogen-bond acceptors (Lipinski definition) is 4. The van der Waals surface area contributed by atoms with E-state index in [2.05, 4.69) is 10.0 Å². The van der Waals surface area contributed by atoms with Crippen molar-refractivity contribution in [3.63, 3.8) is 0 Å². The van der Waals surface area contributed by atoms with Crippen LogP contribution in [0.2, 0.25) is 15.1 Å². The Morgan fingerprint density at radius 2 is 1.55 bits per heavy atom. The summed E-state index contributed by atoms with van der Waals surface area (Å²) in [4.78, 5) is 12.5. The van der Waals surface area contributed by atoms with Crippen molar-refractivity contribution in [2.24, 2.45) is 0 Å². The van der Waals surface area contributed by atoms with Crippen LogP contribution in [-0.4, -0.2) is 20.4 Å². The molecule has 0 saturated heterocycles. The van der Waals surface area contributed by atoms with E-state index in [-0.39, 0.29) is 21.5 Å². The highest BCUT2D eigenvalue weighted by Gasteiger charge is 2.18. The first-order valence-corrected chi connectivity index (χ1v) is 12.4. The Kier molecular flexibility index (Phi) is 7.80. The van der Waals surface area contributed by atoms with E-state index < -0.39 is 16.1 Å². The van der Waals surface area contributed by atoms with Crippen LogP contribution in [0.15, 0.2) is 59.5 Å². The third kappa shape index (κ3) is 6.32. The Hall–Kier alpha value is -2.45. The molecule has 0 aliphatic rings. The molecule has 10 heteroatoms. The molecule has 0 aliphatic carbocycles. The topological polar surface area (TPSA) is 84.5 Å². The minimum absolute atomic E-state index is 0.00271. The van der Waals surface area contributed by atoms with Crippen LogP contribution in [0.5, 0.6) is 5.75 Å². The van der Waals surface area contributed by atoms with E-state index in [1.807, 2.05) is 13.8 Å². The smallest absolute Gasteiger partial charge is 0.265 e. The first-order valence-electron chi connectivity index (χ1n) is 9.78. The van der Waals surface area contributed by atoms with Crippen LogP contribution in [0, 0.1) is 13.8 Å². The summed E-state index contributed by atoms with van der Waals surface area (Å²) >= 11 is 18.0. The van der Waals surface area contributed by atoms with Crippen molar-refractivity contribution in [2.75, 3.05) is 10.0 Å². The second-order valence-electron chi connectivity index (χ2n) is 7.37. The average Bonchev–Trinajstić information content (AvgIpc) is 2.74. The highest BCUT2D eigenvalue weighted by molar-refractivity contribution is 7.92. The minimum atomic E-state index is -3.89. The van der Waals surface area contributed by atoms with Crippen molar-refractivity contribution in [1.82, 2.24) is 0 Å². The van der Waals surface area contributed by atoms with E-state index in [1.54, 1.807) is 19.1 Å². The zero-order valence-electron chi connectivity index (χ0n) is 17.9. The molecule has 1 atom stereocenters. The Bertz CT molecular complexity index is 1270. The molecule has 6 nitrogen and oxygen atoms in total. The first kappa shape index (κ1) is 25.2. The average molecular weight is 528 g/mol. The van der Waals surface area contributed by atoms with Gasteiger partial charge >= 0.3 is 0 Å². The van der Waals surface area contributed by atoms with Gasteiger partial charge in [0.1, 0.15) is 5.75 Å². The molecular formula is C23H21Cl3N2O4S. The summed E-state index contributed by atoms with van der Waals surface area (Å²) in [5.74, 6) is 0.146. The number of rotatable bonds is 7. The quantitative estimate of drug-likeness (QED) is 0.369. The van der Waals surface area contributed by atoms with Gasteiger partial charge in [0.2, 0.25) is 0 Å². The number of hydrogen-bond donors (Lipinski definition) is 2. The van der Waals surface area contributed by atoms with Gasteiger partial charge in [0.05, 0.1) is 15.6 Å². The van der Waals surface area contributed by atoms with Crippen molar-refractivity contribution >= 4 is 62.1 Å². The maximum absolute atomic E-state index is 12.6. The maximum Gasteiger partial charge on any atom is 0.265 e. The number of carbonyl (C=O) groups excluding carboxylic acids is 1. The summed E-state index contributed by atoms with van der Waals surface area (Å²) < 4.78 is 33.4. The molecule has 0 saturated carbocycles. The third-order valence-corrected chi connectivity index (χ3v) is 7.23. The standard InChI is InChI=1S/C23H21Cl3N2O4S/c1-13-10-18(11-14(2)22(13)26)32-15(3)23(29)27-17-5-7-19(8-6-17)33(30,31)28-21-9-4-16(24)12-20(21)25/h4-12,15,28H,1-3H3,(H,27,29)/t15-/m1/s1. The molecule has 3 rings (SSSR count). The summed E-state index contributed by atoms with van der Waals surface area (Å²) in [5, 5.41) is 3.93. The lowest BCUT2D eigenvalue weighted by Crippen LogP contribution is -2.30. The first-order chi connectivity index (χ1) is 15.5. The predicted octanol–water partition coefficient (Wildman–Crippen LogP) is 6.47. The lowest BCUT2D eigenvalue weighted by molar-refractivity contribution is -0.122. The molecule has 2 N–H and O–H groups in total. The van der Waals surface area contributed by atoms with Crippen molar-refractivity contribution in [1.29, 1.82) is 0 Å². The van der Waals surface area contributed by atoms with Crippen LogP contribution < -0.4 is 14.8 Å². The van der Waals surface area contributed by atoms with Gasteiger partial charge in [-0.2, -0.15) is 0 Å². The van der Waals surface area contributed by atoms with Crippen molar-refractivity contribution in [3.8, 4) is 5.75 Å². The minimum Gasteiger partial charge on any atom is -0.481 e. The normalized spacial score (nSPS) is 12.2. The van der Waals surface area contributed by atoms with E-state index >= 15 is 0 Å². The summed E-state index contributed by atoms with van der Waals surface area (Å²) in [6.45, 7) is 5.34. The molecule has 0 heterocycles. The van der Waals surface area contributed by atoms with Gasteiger partial charge in [0, 0.05) is 15.7 Å². The van der Waals surface area contributed by atoms with Crippen molar-refractivity contribution < 1.29 is 17.9 Å². The second kappa shape index (κ2) is 10.2. The summed E-state index contributed by atoms with van der Waals surface area (Å²) in [5.41, 5.74) is 2.33. The number of aryl methyl sites for hydroxylation is 2. The SMILES string of the molecule is Cc1cc(O[C@H](C)C(=O)Nc2ccc(S(=O)(=O)Nc3ccc(Cl)cc3Cl)cc2)cc(C)c1Cl. The second-order valence-corrected chi connectivity index (χ2v) is 10.3. The van der Waals surface area contributed by atoms with Crippen LogP contribution in [0.4, 0.5) is 11.4 Å². The Labute approximate surface area is 207 Å². The van der Waals surface area contributed by atoms with Crippen LogP contribution in [0.1, 0.15) is 18.1 Å². The number of halogens is 3. The number of anilines is 2. The molecule has 1 amide bonds. The van der Waals surface area contributed by atoms with Crippen LogP contribution >= 0.6 is 34.8 Å². The number of carbonyl (C=O) groups is 1. The van der Waals surface area contributed by atoms with Gasteiger partial charge in [-0.05, 0) is 86.5 Å². The zero-order chi connectivity index (χ0) is 24.3. The van der Waals surface area contributed by atoms with E-state index in [0.717, 1.165) is 11.1 Å². The maximum atomic E-state index is 12.6. The number of nitrogens with one attached hydrogen (secondary N) is 2. The molecule has 33 heavy (non-hydrogen) atoms. The molecule has 0 bridgehead atoms. The fraction of sp³-hybridized carbons (Fsp3) is 0.174. The lowest BCUT2D eigenvalue weighted by Gasteiger charge is -2.16. The molecule has 0 unspecified atom stereocenters. The van der Waals surface area contributed by atoms with E-state index in [4.69, 9.17) is 39.5 Å². The summed E-state index contributed by atoms with van der Waals surface area (Å²) in [6, 6.07) is 13.7. The van der Waals surface area contributed by atoms with E-state index in [9.17, 15) is 13.2 Å². The molecule has 174 valence electrons. The summed E-state index contributed by atoms with van der Waals surface area (Å²) in [7, 11) is -3.89. The highest BCUT2D eigenvalue weighted by Crippen LogP contribution is 2.28. The monoisotopic (exact) mass is 526 g/mol. The number of sulfonamides is 1. The zero-order valence-corrected chi connectivity index (χ0v) is 21.0. The molecule has 3 aromatic rings. The van der Waals surface area contributed by atoms with E-state index in [0.29, 0.717) is 21.5 Å². The van der Waals surface area contributed by atoms with Gasteiger partial charge in [-0.15, -0.1) is 0 Å². The molecule has 0 radical (unpaired) electrons. The van der Waals surface area contributed by atoms with Gasteiger partial charge in [-0.3, -0.25) is 9.52 Å². The molecule has 0 fully saturated rings. The van der Waals surface area contributed by atoms with Crippen molar-refractivity contribution in [3.05, 3.63) is 80.8 Å². The summed E-state index contributed by atoms with van der Waals surface area (Å²) in [6.07, 6.45) is -0.790. The number of amides is 1. The van der Waals surface area contributed by atoms with E-state index in [1.165, 1.54) is 42.5 Å². The van der Waals surface area contributed by atoms with Crippen LogP contribution in [0.3, 0.4) is 0 Å². The molecule has 3 aromatic carbocycles. The third-order valence-electron chi connectivity index (χ3n) is 4.70.